The zero-order valence-corrected chi connectivity index (χ0v) is 9.75. The van der Waals surface area contributed by atoms with Crippen LogP contribution in [-0.4, -0.2) is 21.0 Å². The SMILES string of the molecule is Cc1ccc(O)c(C=Nn2cc(C)nc2N)c1. The fraction of sp³-hybridized carbons (Fsp3) is 0.167. The Labute approximate surface area is 99.2 Å². The second-order valence-corrected chi connectivity index (χ2v) is 3.89. The van der Waals surface area contributed by atoms with Gasteiger partial charge in [0, 0.05) is 5.56 Å². The maximum atomic E-state index is 9.64. The molecular formula is C12H14N4O. The quantitative estimate of drug-likeness (QED) is 0.770. The minimum Gasteiger partial charge on any atom is -0.507 e. The van der Waals surface area contributed by atoms with E-state index in [9.17, 15) is 5.11 Å². The van der Waals surface area contributed by atoms with Gasteiger partial charge in [-0.05, 0) is 26.0 Å². The molecule has 2 rings (SSSR count). The largest absolute Gasteiger partial charge is 0.507 e. The van der Waals surface area contributed by atoms with Crippen molar-refractivity contribution in [1.29, 1.82) is 0 Å². The van der Waals surface area contributed by atoms with Gasteiger partial charge in [-0.2, -0.15) is 5.10 Å². The van der Waals surface area contributed by atoms with E-state index in [-0.39, 0.29) is 5.75 Å². The molecule has 0 unspecified atom stereocenters. The second-order valence-electron chi connectivity index (χ2n) is 3.89. The molecule has 0 spiro atoms. The van der Waals surface area contributed by atoms with E-state index in [2.05, 4.69) is 10.1 Å². The fourth-order valence-electron chi connectivity index (χ4n) is 1.50. The number of nitrogens with zero attached hydrogens (tertiary/aromatic N) is 3. The maximum Gasteiger partial charge on any atom is 0.221 e. The third-order valence-corrected chi connectivity index (χ3v) is 2.34. The lowest BCUT2D eigenvalue weighted by Gasteiger charge is -2.00. The summed E-state index contributed by atoms with van der Waals surface area (Å²) >= 11 is 0. The highest BCUT2D eigenvalue weighted by Crippen LogP contribution is 2.16. The Bertz CT molecular complexity index is 572. The number of aromatic nitrogens is 2. The van der Waals surface area contributed by atoms with Gasteiger partial charge in [-0.3, -0.25) is 0 Å². The fourth-order valence-corrected chi connectivity index (χ4v) is 1.50. The lowest BCUT2D eigenvalue weighted by atomic mass is 10.1. The van der Waals surface area contributed by atoms with E-state index in [1.807, 2.05) is 26.0 Å². The van der Waals surface area contributed by atoms with E-state index in [1.165, 1.54) is 4.68 Å². The van der Waals surface area contributed by atoms with Gasteiger partial charge in [-0.1, -0.05) is 11.6 Å². The molecule has 0 aliphatic heterocycles. The number of nitrogens with two attached hydrogens (primary N) is 1. The second kappa shape index (κ2) is 4.29. The molecule has 0 saturated carbocycles. The van der Waals surface area contributed by atoms with Crippen LogP contribution in [0.25, 0.3) is 0 Å². The summed E-state index contributed by atoms with van der Waals surface area (Å²) in [6.45, 7) is 3.79. The molecule has 0 radical (unpaired) electrons. The van der Waals surface area contributed by atoms with Crippen molar-refractivity contribution in [3.8, 4) is 5.75 Å². The van der Waals surface area contributed by atoms with Crippen LogP contribution in [0.5, 0.6) is 5.75 Å². The summed E-state index contributed by atoms with van der Waals surface area (Å²) in [5, 5.41) is 13.8. The summed E-state index contributed by atoms with van der Waals surface area (Å²) in [4.78, 5) is 4.03. The summed E-state index contributed by atoms with van der Waals surface area (Å²) < 4.78 is 1.47. The highest BCUT2D eigenvalue weighted by molar-refractivity contribution is 5.83. The number of phenolic OH excluding ortho intramolecular Hbond substituents is 1. The van der Waals surface area contributed by atoms with E-state index < -0.39 is 0 Å². The predicted octanol–water partition coefficient (Wildman–Crippen LogP) is 1.67. The summed E-state index contributed by atoms with van der Waals surface area (Å²) in [5.74, 6) is 0.514. The van der Waals surface area contributed by atoms with Crippen LogP contribution in [0.4, 0.5) is 5.95 Å². The van der Waals surface area contributed by atoms with Crippen molar-refractivity contribution >= 4 is 12.2 Å². The number of hydrogen-bond donors (Lipinski definition) is 2. The van der Waals surface area contributed by atoms with E-state index in [4.69, 9.17) is 5.73 Å². The standard InChI is InChI=1S/C12H14N4O/c1-8-3-4-11(17)10(5-8)6-14-16-7-9(2)15-12(16)13/h3-7,17H,1-2H3,(H2,13,15). The van der Waals surface area contributed by atoms with Crippen LogP contribution >= 0.6 is 0 Å². The monoisotopic (exact) mass is 230 g/mol. The number of imidazole rings is 1. The normalized spacial score (nSPS) is 11.2. The molecule has 1 heterocycles. The Kier molecular flexibility index (Phi) is 2.82. The molecule has 0 fully saturated rings. The Hall–Kier alpha value is -2.30. The van der Waals surface area contributed by atoms with Crippen molar-refractivity contribution in [2.45, 2.75) is 13.8 Å². The molecule has 0 amide bonds. The van der Waals surface area contributed by atoms with Gasteiger partial charge in [0.1, 0.15) is 5.75 Å². The van der Waals surface area contributed by atoms with Gasteiger partial charge >= 0.3 is 0 Å². The van der Waals surface area contributed by atoms with Crippen LogP contribution < -0.4 is 5.73 Å². The van der Waals surface area contributed by atoms with Crippen molar-refractivity contribution in [2.24, 2.45) is 5.10 Å². The first-order chi connectivity index (χ1) is 8.06. The van der Waals surface area contributed by atoms with Gasteiger partial charge in [0.15, 0.2) is 0 Å². The first-order valence-electron chi connectivity index (χ1n) is 5.21. The van der Waals surface area contributed by atoms with E-state index >= 15 is 0 Å². The van der Waals surface area contributed by atoms with Gasteiger partial charge in [0.25, 0.3) is 0 Å². The number of hydrogen-bond acceptors (Lipinski definition) is 4. The van der Waals surface area contributed by atoms with Crippen LogP contribution in [0.3, 0.4) is 0 Å². The Morgan fingerprint density at radius 2 is 2.18 bits per heavy atom. The molecule has 0 aliphatic carbocycles. The summed E-state index contributed by atoms with van der Waals surface area (Å²) in [6, 6.07) is 5.32. The molecule has 5 nitrogen and oxygen atoms in total. The topological polar surface area (TPSA) is 76.4 Å². The van der Waals surface area contributed by atoms with Crippen LogP contribution in [0.1, 0.15) is 16.8 Å². The van der Waals surface area contributed by atoms with E-state index in [1.54, 1.807) is 18.5 Å². The molecule has 17 heavy (non-hydrogen) atoms. The molecule has 0 saturated heterocycles. The Balaban J connectivity index is 2.31. The minimum atomic E-state index is 0.190. The molecule has 3 N–H and O–H groups in total. The first kappa shape index (κ1) is 11.2. The van der Waals surface area contributed by atoms with Gasteiger partial charge in [0.2, 0.25) is 5.95 Å². The lowest BCUT2D eigenvalue weighted by Crippen LogP contribution is -1.97. The van der Waals surface area contributed by atoms with Gasteiger partial charge in [-0.15, -0.1) is 0 Å². The smallest absolute Gasteiger partial charge is 0.221 e. The van der Waals surface area contributed by atoms with Gasteiger partial charge < -0.3 is 10.8 Å². The number of anilines is 1. The average Bonchev–Trinajstić information content (AvgIpc) is 2.59. The summed E-state index contributed by atoms with van der Waals surface area (Å²) in [6.07, 6.45) is 3.28. The molecule has 88 valence electrons. The van der Waals surface area contributed by atoms with E-state index in [0.29, 0.717) is 11.5 Å². The van der Waals surface area contributed by atoms with Gasteiger partial charge in [0.05, 0.1) is 18.1 Å². The Morgan fingerprint density at radius 1 is 1.41 bits per heavy atom. The highest BCUT2D eigenvalue weighted by atomic mass is 16.3. The van der Waals surface area contributed by atoms with Crippen LogP contribution in [0, 0.1) is 13.8 Å². The molecule has 0 bridgehead atoms. The highest BCUT2D eigenvalue weighted by Gasteiger charge is 2.00. The maximum absolute atomic E-state index is 9.64. The van der Waals surface area contributed by atoms with Crippen LogP contribution in [0.15, 0.2) is 29.5 Å². The predicted molar refractivity (Wildman–Crippen MR) is 67.2 cm³/mol. The summed E-state index contributed by atoms with van der Waals surface area (Å²) in [5.41, 5.74) is 8.15. The zero-order chi connectivity index (χ0) is 12.4. The molecule has 0 atom stereocenters. The first-order valence-corrected chi connectivity index (χ1v) is 5.21. The number of aromatic hydroxyl groups is 1. The van der Waals surface area contributed by atoms with Crippen LogP contribution in [0.2, 0.25) is 0 Å². The number of benzene rings is 1. The zero-order valence-electron chi connectivity index (χ0n) is 9.75. The van der Waals surface area contributed by atoms with Crippen LogP contribution in [-0.2, 0) is 0 Å². The molecule has 1 aromatic carbocycles. The minimum absolute atomic E-state index is 0.190. The van der Waals surface area contributed by atoms with Crippen molar-refractivity contribution in [2.75, 3.05) is 5.73 Å². The molecule has 0 aliphatic rings. The third kappa shape index (κ3) is 2.44. The Morgan fingerprint density at radius 3 is 2.82 bits per heavy atom. The molecule has 1 aromatic heterocycles. The number of rotatable bonds is 2. The number of nitrogen functional groups attached to an aromatic ring is 1. The molecule has 5 heteroatoms. The van der Waals surface area contributed by atoms with Crippen molar-refractivity contribution in [3.05, 3.63) is 41.2 Å². The summed E-state index contributed by atoms with van der Waals surface area (Å²) in [7, 11) is 0. The molecular weight excluding hydrogens is 216 g/mol. The number of aryl methyl sites for hydroxylation is 2. The molecule has 2 aromatic rings. The van der Waals surface area contributed by atoms with Crippen molar-refractivity contribution in [3.63, 3.8) is 0 Å². The van der Waals surface area contributed by atoms with Gasteiger partial charge in [-0.25, -0.2) is 9.66 Å². The van der Waals surface area contributed by atoms with E-state index in [0.717, 1.165) is 11.3 Å². The van der Waals surface area contributed by atoms with Crippen molar-refractivity contribution in [1.82, 2.24) is 9.66 Å². The lowest BCUT2D eigenvalue weighted by molar-refractivity contribution is 0.474. The third-order valence-electron chi connectivity index (χ3n) is 2.34. The number of phenols is 1. The van der Waals surface area contributed by atoms with Crippen molar-refractivity contribution < 1.29 is 5.11 Å². The average molecular weight is 230 g/mol.